The number of oxime groups is 1. The van der Waals surface area contributed by atoms with Crippen molar-refractivity contribution in [3.05, 3.63) is 71.9 Å². The number of nitrogens with zero attached hydrogens (tertiary/aromatic N) is 1. The van der Waals surface area contributed by atoms with Gasteiger partial charge in [0, 0.05) is 29.1 Å². The van der Waals surface area contributed by atoms with Gasteiger partial charge < -0.3 is 30.3 Å². The Labute approximate surface area is 250 Å². The molecule has 0 aliphatic heterocycles. The molecule has 10 heteroatoms. The molecule has 3 aromatic rings. The summed E-state index contributed by atoms with van der Waals surface area (Å²) in [5.74, 6) is 0.707. The fourth-order valence-corrected chi connectivity index (χ4v) is 7.63. The van der Waals surface area contributed by atoms with Crippen molar-refractivity contribution in [3.63, 3.8) is 0 Å². The van der Waals surface area contributed by atoms with Crippen LogP contribution in [-0.2, 0) is 25.6 Å². The lowest BCUT2D eigenvalue weighted by Crippen LogP contribution is -2.60. The van der Waals surface area contributed by atoms with Gasteiger partial charge in [-0.1, -0.05) is 53.7 Å². The molecule has 0 saturated heterocycles. The Morgan fingerprint density at radius 3 is 2.35 bits per heavy atom. The van der Waals surface area contributed by atoms with Crippen LogP contribution in [0.15, 0.2) is 65.9 Å². The Kier molecular flexibility index (Phi) is 8.10. The molecule has 10 nitrogen and oxygen atoms in total. The number of benzene rings is 2. The predicted molar refractivity (Wildman–Crippen MR) is 160 cm³/mol. The van der Waals surface area contributed by atoms with Crippen LogP contribution in [0.25, 0.3) is 10.9 Å². The zero-order valence-corrected chi connectivity index (χ0v) is 24.3. The molecule has 4 aliphatic rings. The number of carboxylic acids is 1. The topological polar surface area (TPSA) is 142 Å². The number of rotatable bonds is 11. The SMILES string of the molecule is C[C@](Cc1c[nH]c2ccccc12)(NC(=O)OC1C2CC3CC(C2)CC1C3)C(=O)NC/C(=N/OCC(=O)O)c1ccccc1. The molecular formula is C33H38N4O6. The molecule has 1 heterocycles. The second-order valence-electron chi connectivity index (χ2n) is 12.5. The number of carboxylic acid groups (broad SMARTS) is 1. The van der Waals surface area contributed by atoms with E-state index in [2.05, 4.69) is 20.8 Å². The third-order valence-electron chi connectivity index (χ3n) is 9.37. The van der Waals surface area contributed by atoms with Gasteiger partial charge in [-0.05, 0) is 74.3 Å². The van der Waals surface area contributed by atoms with Gasteiger partial charge in [-0.2, -0.15) is 0 Å². The highest BCUT2D eigenvalue weighted by molar-refractivity contribution is 6.04. The first-order valence-corrected chi connectivity index (χ1v) is 15.1. The van der Waals surface area contributed by atoms with Crippen molar-refractivity contribution >= 4 is 34.6 Å². The van der Waals surface area contributed by atoms with E-state index in [0.29, 0.717) is 23.1 Å². The van der Waals surface area contributed by atoms with Crippen molar-refractivity contribution in [2.75, 3.05) is 13.2 Å². The molecule has 4 saturated carbocycles. The highest BCUT2D eigenvalue weighted by Gasteiger charge is 2.50. The van der Waals surface area contributed by atoms with Gasteiger partial charge in [0.1, 0.15) is 17.4 Å². The Bertz CT molecular complexity index is 1490. The minimum atomic E-state index is -1.36. The number of ether oxygens (including phenoxy) is 1. The quantitative estimate of drug-likeness (QED) is 0.191. The van der Waals surface area contributed by atoms with Gasteiger partial charge in [0.25, 0.3) is 0 Å². The van der Waals surface area contributed by atoms with E-state index >= 15 is 0 Å². The first-order valence-electron chi connectivity index (χ1n) is 15.1. The van der Waals surface area contributed by atoms with E-state index in [4.69, 9.17) is 14.7 Å². The Morgan fingerprint density at radius 1 is 0.977 bits per heavy atom. The van der Waals surface area contributed by atoms with E-state index < -0.39 is 30.1 Å². The van der Waals surface area contributed by atoms with Crippen LogP contribution in [-0.4, -0.2) is 58.6 Å². The summed E-state index contributed by atoms with van der Waals surface area (Å²) in [4.78, 5) is 46.6. The number of amides is 2. The summed E-state index contributed by atoms with van der Waals surface area (Å²) in [5.41, 5.74) is 1.47. The van der Waals surface area contributed by atoms with Crippen LogP contribution in [0.3, 0.4) is 0 Å². The second-order valence-corrected chi connectivity index (χ2v) is 12.5. The lowest BCUT2D eigenvalue weighted by Gasteiger charge is -2.53. The number of para-hydroxylation sites is 1. The molecule has 4 aliphatic carbocycles. The maximum absolute atomic E-state index is 13.9. The molecule has 1 aromatic heterocycles. The number of aromatic nitrogens is 1. The smallest absolute Gasteiger partial charge is 0.408 e. The highest BCUT2D eigenvalue weighted by Crippen LogP contribution is 2.54. The predicted octanol–water partition coefficient (Wildman–Crippen LogP) is 4.64. The maximum Gasteiger partial charge on any atom is 0.408 e. The summed E-state index contributed by atoms with van der Waals surface area (Å²) in [7, 11) is 0. The lowest BCUT2D eigenvalue weighted by molar-refractivity contribution is -0.142. The summed E-state index contributed by atoms with van der Waals surface area (Å²) in [6, 6.07) is 16.9. The standard InChI is InChI=1S/C33H38N4O6/c1-33(16-25-17-34-27-10-6-5-9-26(25)27,36-32(41)43-30-23-12-20-11-21(14-23)15-24(30)13-20)31(40)35-18-28(37-42-19-29(38)39)22-7-3-2-4-8-22/h2-10,17,20-21,23-24,30,34H,11-16,18-19H2,1H3,(H,35,40)(H,36,41)(H,38,39)/b37-28-/t20?,21?,23?,24?,30?,33-/m1/s1. The molecule has 4 fully saturated rings. The van der Waals surface area contributed by atoms with E-state index in [-0.39, 0.29) is 19.1 Å². The number of fused-ring (bicyclic) bond motifs is 1. The van der Waals surface area contributed by atoms with Gasteiger partial charge in [-0.25, -0.2) is 9.59 Å². The third kappa shape index (κ3) is 6.38. The number of carbonyl (C=O) groups is 3. The molecule has 7 rings (SSSR count). The maximum atomic E-state index is 13.9. The first-order chi connectivity index (χ1) is 20.8. The van der Waals surface area contributed by atoms with Gasteiger partial charge in [0.05, 0.1) is 6.54 Å². The zero-order chi connectivity index (χ0) is 30.0. The largest absolute Gasteiger partial charge is 0.479 e. The van der Waals surface area contributed by atoms with Crippen molar-refractivity contribution in [1.29, 1.82) is 0 Å². The number of aliphatic carboxylic acids is 1. The van der Waals surface area contributed by atoms with Crippen LogP contribution >= 0.6 is 0 Å². The number of alkyl carbamates (subject to hydrolysis) is 1. The average Bonchev–Trinajstić information content (AvgIpc) is 3.38. The molecule has 0 spiro atoms. The number of nitrogens with one attached hydrogen (secondary N) is 3. The van der Waals surface area contributed by atoms with Crippen molar-refractivity contribution in [2.45, 2.75) is 57.1 Å². The number of hydrogen-bond acceptors (Lipinski definition) is 6. The average molecular weight is 587 g/mol. The van der Waals surface area contributed by atoms with E-state index in [1.54, 1.807) is 19.1 Å². The minimum Gasteiger partial charge on any atom is -0.479 e. The summed E-state index contributed by atoms with van der Waals surface area (Å²) in [6.07, 6.45) is 7.14. The van der Waals surface area contributed by atoms with Crippen molar-refractivity contribution in [1.82, 2.24) is 15.6 Å². The van der Waals surface area contributed by atoms with Crippen LogP contribution < -0.4 is 10.6 Å². The van der Waals surface area contributed by atoms with Crippen LogP contribution in [0.5, 0.6) is 0 Å². The van der Waals surface area contributed by atoms with Crippen molar-refractivity contribution in [3.8, 4) is 0 Å². The van der Waals surface area contributed by atoms with Gasteiger partial charge in [-0.15, -0.1) is 0 Å². The molecule has 43 heavy (non-hydrogen) atoms. The van der Waals surface area contributed by atoms with Gasteiger partial charge in [0.2, 0.25) is 12.5 Å². The molecule has 2 amide bonds. The minimum absolute atomic E-state index is 0.0434. The zero-order valence-electron chi connectivity index (χ0n) is 24.3. The fraction of sp³-hybridized carbons (Fsp3) is 0.455. The molecule has 4 N–H and O–H groups in total. The molecule has 0 radical (unpaired) electrons. The third-order valence-corrected chi connectivity index (χ3v) is 9.37. The number of carbonyl (C=O) groups excluding carboxylic acids is 2. The first kappa shape index (κ1) is 28.8. The molecule has 1 atom stereocenters. The second kappa shape index (κ2) is 12.1. The Balaban J connectivity index is 1.20. The van der Waals surface area contributed by atoms with Gasteiger partial charge in [0.15, 0.2) is 0 Å². The molecular weight excluding hydrogens is 548 g/mol. The summed E-state index contributed by atoms with van der Waals surface area (Å²) in [6.45, 7) is 1.04. The highest BCUT2D eigenvalue weighted by atomic mass is 16.6. The summed E-state index contributed by atoms with van der Waals surface area (Å²) >= 11 is 0. The van der Waals surface area contributed by atoms with E-state index in [1.807, 2.05) is 48.7 Å². The molecule has 226 valence electrons. The van der Waals surface area contributed by atoms with Crippen molar-refractivity contribution < 1.29 is 29.1 Å². The van der Waals surface area contributed by atoms with Crippen LogP contribution in [0, 0.1) is 23.7 Å². The van der Waals surface area contributed by atoms with Crippen LogP contribution in [0.2, 0.25) is 0 Å². The van der Waals surface area contributed by atoms with Crippen LogP contribution in [0.4, 0.5) is 4.79 Å². The van der Waals surface area contributed by atoms with E-state index in [1.165, 1.54) is 6.42 Å². The Hall–Kier alpha value is -4.34. The number of hydrogen-bond donors (Lipinski definition) is 4. The number of aromatic amines is 1. The van der Waals surface area contributed by atoms with Gasteiger partial charge >= 0.3 is 12.1 Å². The van der Waals surface area contributed by atoms with E-state index in [9.17, 15) is 14.4 Å². The molecule has 4 bridgehead atoms. The Morgan fingerprint density at radius 2 is 1.65 bits per heavy atom. The van der Waals surface area contributed by atoms with Gasteiger partial charge in [-0.3, -0.25) is 4.79 Å². The van der Waals surface area contributed by atoms with E-state index in [0.717, 1.165) is 54.0 Å². The lowest BCUT2D eigenvalue weighted by atomic mass is 9.55. The molecule has 0 unspecified atom stereocenters. The van der Waals surface area contributed by atoms with Crippen LogP contribution in [0.1, 0.15) is 50.2 Å². The number of H-pyrrole nitrogens is 1. The molecule has 2 aromatic carbocycles. The monoisotopic (exact) mass is 586 g/mol. The summed E-state index contributed by atoms with van der Waals surface area (Å²) < 4.78 is 6.11. The fourth-order valence-electron chi connectivity index (χ4n) is 7.63. The normalized spacial score (nSPS) is 25.6. The summed E-state index contributed by atoms with van der Waals surface area (Å²) in [5, 5.41) is 19.8. The van der Waals surface area contributed by atoms with Crippen molar-refractivity contribution in [2.24, 2.45) is 28.8 Å².